The molecular formula is C11H15ClN6S. The monoisotopic (exact) mass is 298 g/mol. The lowest BCUT2D eigenvalue weighted by Crippen LogP contribution is -2.08. The van der Waals surface area contributed by atoms with E-state index in [0.29, 0.717) is 23.3 Å². The number of aryl methyl sites for hydroxylation is 1. The number of hydrogen-bond donors (Lipinski definition) is 1. The second-order valence-corrected chi connectivity index (χ2v) is 5.21. The Hall–Kier alpha value is -1.18. The van der Waals surface area contributed by atoms with Crippen LogP contribution in [-0.4, -0.2) is 24.7 Å². The first-order valence-electron chi connectivity index (χ1n) is 5.89. The van der Waals surface area contributed by atoms with Crippen molar-refractivity contribution in [3.8, 4) is 0 Å². The standard InChI is InChI=1S/C11H15ClN6S/c1-3-18-10(5-13)16-17-11(18)19-6-9-14-7(2)4-8(12)15-9/h4H,3,5-6,13H2,1-2H3. The SMILES string of the molecule is CCn1c(CN)nnc1SCc1nc(C)cc(Cl)n1. The van der Waals surface area contributed by atoms with Crippen LogP contribution in [0.4, 0.5) is 0 Å². The maximum absolute atomic E-state index is 5.91. The van der Waals surface area contributed by atoms with Gasteiger partial charge in [0.1, 0.15) is 16.8 Å². The molecule has 0 saturated carbocycles. The molecule has 2 N–H and O–H groups in total. The fourth-order valence-electron chi connectivity index (χ4n) is 1.68. The van der Waals surface area contributed by atoms with E-state index in [1.165, 1.54) is 11.8 Å². The van der Waals surface area contributed by atoms with E-state index in [1.54, 1.807) is 6.07 Å². The molecule has 0 aliphatic carbocycles. The fourth-order valence-corrected chi connectivity index (χ4v) is 2.81. The van der Waals surface area contributed by atoms with Crippen molar-refractivity contribution in [1.29, 1.82) is 0 Å². The van der Waals surface area contributed by atoms with E-state index in [0.717, 1.165) is 23.2 Å². The van der Waals surface area contributed by atoms with Gasteiger partial charge in [0.05, 0.1) is 12.3 Å². The molecule has 0 aromatic carbocycles. The summed E-state index contributed by atoms with van der Waals surface area (Å²) >= 11 is 7.44. The van der Waals surface area contributed by atoms with E-state index in [1.807, 2.05) is 18.4 Å². The van der Waals surface area contributed by atoms with Crippen LogP contribution >= 0.6 is 23.4 Å². The molecule has 2 rings (SSSR count). The van der Waals surface area contributed by atoms with Crippen molar-refractivity contribution < 1.29 is 0 Å². The summed E-state index contributed by atoms with van der Waals surface area (Å²) in [7, 11) is 0. The first-order valence-corrected chi connectivity index (χ1v) is 7.25. The van der Waals surface area contributed by atoms with Gasteiger partial charge < -0.3 is 10.3 Å². The van der Waals surface area contributed by atoms with Gasteiger partial charge in [-0.25, -0.2) is 9.97 Å². The molecule has 0 aliphatic heterocycles. The van der Waals surface area contributed by atoms with Crippen LogP contribution in [0.5, 0.6) is 0 Å². The third kappa shape index (κ3) is 3.43. The van der Waals surface area contributed by atoms with Crippen LogP contribution in [0.25, 0.3) is 0 Å². The number of halogens is 1. The molecule has 0 saturated heterocycles. The number of thioether (sulfide) groups is 1. The summed E-state index contributed by atoms with van der Waals surface area (Å²) in [6.07, 6.45) is 0. The highest BCUT2D eigenvalue weighted by molar-refractivity contribution is 7.98. The van der Waals surface area contributed by atoms with Crippen LogP contribution in [-0.2, 0) is 18.8 Å². The van der Waals surface area contributed by atoms with Crippen molar-refractivity contribution in [2.45, 2.75) is 37.8 Å². The molecule has 0 aliphatic rings. The van der Waals surface area contributed by atoms with Crippen molar-refractivity contribution in [3.63, 3.8) is 0 Å². The molecule has 102 valence electrons. The minimum absolute atomic E-state index is 0.383. The Morgan fingerprint density at radius 2 is 2.16 bits per heavy atom. The second-order valence-electron chi connectivity index (χ2n) is 3.88. The van der Waals surface area contributed by atoms with Gasteiger partial charge in [0.2, 0.25) is 0 Å². The molecule has 0 atom stereocenters. The summed E-state index contributed by atoms with van der Waals surface area (Å²) in [4.78, 5) is 8.52. The maximum Gasteiger partial charge on any atom is 0.191 e. The molecule has 0 spiro atoms. The number of aromatic nitrogens is 5. The van der Waals surface area contributed by atoms with Gasteiger partial charge in [-0.3, -0.25) is 0 Å². The lowest BCUT2D eigenvalue weighted by molar-refractivity contribution is 0.642. The zero-order valence-electron chi connectivity index (χ0n) is 10.8. The van der Waals surface area contributed by atoms with Crippen molar-refractivity contribution in [2.24, 2.45) is 5.73 Å². The predicted molar refractivity (Wildman–Crippen MR) is 74.9 cm³/mol. The smallest absolute Gasteiger partial charge is 0.191 e. The summed E-state index contributed by atoms with van der Waals surface area (Å²) in [5, 5.41) is 9.46. The Morgan fingerprint density at radius 3 is 2.79 bits per heavy atom. The zero-order chi connectivity index (χ0) is 13.8. The third-order valence-corrected chi connectivity index (χ3v) is 3.65. The van der Waals surface area contributed by atoms with Gasteiger partial charge in [-0.1, -0.05) is 23.4 Å². The van der Waals surface area contributed by atoms with E-state index in [2.05, 4.69) is 20.2 Å². The molecule has 2 heterocycles. The highest BCUT2D eigenvalue weighted by atomic mass is 35.5. The minimum atomic E-state index is 0.383. The Bertz CT molecular complexity index is 550. The van der Waals surface area contributed by atoms with E-state index in [-0.39, 0.29) is 0 Å². The molecule has 0 unspecified atom stereocenters. The van der Waals surface area contributed by atoms with Gasteiger partial charge in [0, 0.05) is 12.2 Å². The summed E-state index contributed by atoms with van der Waals surface area (Å²) in [6.45, 7) is 5.10. The molecule has 2 aromatic heterocycles. The van der Waals surface area contributed by atoms with Crippen LogP contribution < -0.4 is 5.73 Å². The number of hydrogen-bond acceptors (Lipinski definition) is 6. The van der Waals surface area contributed by atoms with Crippen molar-refractivity contribution >= 4 is 23.4 Å². The van der Waals surface area contributed by atoms with E-state index < -0.39 is 0 Å². The molecule has 2 aromatic rings. The van der Waals surface area contributed by atoms with Crippen LogP contribution in [0.2, 0.25) is 5.15 Å². The zero-order valence-corrected chi connectivity index (χ0v) is 12.4. The van der Waals surface area contributed by atoms with Crippen molar-refractivity contribution in [2.75, 3.05) is 0 Å². The maximum atomic E-state index is 5.91. The van der Waals surface area contributed by atoms with E-state index >= 15 is 0 Å². The van der Waals surface area contributed by atoms with Gasteiger partial charge in [-0.15, -0.1) is 10.2 Å². The summed E-state index contributed by atoms with van der Waals surface area (Å²) in [5.74, 6) is 2.08. The molecule has 19 heavy (non-hydrogen) atoms. The van der Waals surface area contributed by atoms with Crippen LogP contribution in [0.3, 0.4) is 0 Å². The Morgan fingerprint density at radius 1 is 1.37 bits per heavy atom. The number of nitrogens with zero attached hydrogens (tertiary/aromatic N) is 5. The molecule has 0 radical (unpaired) electrons. The van der Waals surface area contributed by atoms with Crippen LogP contribution in [0.1, 0.15) is 24.3 Å². The Balaban J connectivity index is 2.12. The lowest BCUT2D eigenvalue weighted by atomic mass is 10.4. The van der Waals surface area contributed by atoms with Crippen LogP contribution in [0, 0.1) is 6.92 Å². The van der Waals surface area contributed by atoms with Gasteiger partial charge in [-0.05, 0) is 19.9 Å². The lowest BCUT2D eigenvalue weighted by Gasteiger charge is -2.05. The first-order chi connectivity index (χ1) is 9.13. The van der Waals surface area contributed by atoms with Crippen molar-refractivity contribution in [1.82, 2.24) is 24.7 Å². The molecular weight excluding hydrogens is 284 g/mol. The summed E-state index contributed by atoms with van der Waals surface area (Å²) < 4.78 is 1.99. The van der Waals surface area contributed by atoms with E-state index in [4.69, 9.17) is 17.3 Å². The molecule has 0 fully saturated rings. The highest BCUT2D eigenvalue weighted by Crippen LogP contribution is 2.21. The van der Waals surface area contributed by atoms with Gasteiger partial charge >= 0.3 is 0 Å². The third-order valence-electron chi connectivity index (χ3n) is 2.49. The van der Waals surface area contributed by atoms with E-state index in [9.17, 15) is 0 Å². The fraction of sp³-hybridized carbons (Fsp3) is 0.455. The Labute approximate surface area is 120 Å². The van der Waals surface area contributed by atoms with Gasteiger partial charge in [0.25, 0.3) is 0 Å². The second kappa shape index (κ2) is 6.31. The topological polar surface area (TPSA) is 82.5 Å². The van der Waals surface area contributed by atoms with Crippen molar-refractivity contribution in [3.05, 3.63) is 28.6 Å². The highest BCUT2D eigenvalue weighted by Gasteiger charge is 2.11. The molecule has 8 heteroatoms. The first kappa shape index (κ1) is 14.2. The normalized spacial score (nSPS) is 10.9. The number of nitrogens with two attached hydrogens (primary N) is 1. The number of rotatable bonds is 5. The Kier molecular flexibility index (Phi) is 4.73. The minimum Gasteiger partial charge on any atom is -0.324 e. The van der Waals surface area contributed by atoms with Gasteiger partial charge in [0.15, 0.2) is 5.16 Å². The molecule has 0 amide bonds. The molecule has 6 nitrogen and oxygen atoms in total. The quantitative estimate of drug-likeness (QED) is 0.669. The largest absolute Gasteiger partial charge is 0.324 e. The molecule has 0 bridgehead atoms. The predicted octanol–water partition coefficient (Wildman–Crippen LogP) is 1.80. The average molecular weight is 299 g/mol. The van der Waals surface area contributed by atoms with Gasteiger partial charge in [-0.2, -0.15) is 0 Å². The average Bonchev–Trinajstić information content (AvgIpc) is 2.77. The summed E-state index contributed by atoms with van der Waals surface area (Å²) in [5.41, 5.74) is 6.47. The van der Waals surface area contributed by atoms with Crippen LogP contribution in [0.15, 0.2) is 11.2 Å². The summed E-state index contributed by atoms with van der Waals surface area (Å²) in [6, 6.07) is 1.73.